The zero-order valence-corrected chi connectivity index (χ0v) is 11.8. The quantitative estimate of drug-likeness (QED) is 0.108. The molecule has 0 aromatic heterocycles. The van der Waals surface area contributed by atoms with E-state index in [1.807, 2.05) is 0 Å². The Morgan fingerprint density at radius 3 is 2.10 bits per heavy atom. The van der Waals surface area contributed by atoms with Gasteiger partial charge in [0, 0.05) is 45.8 Å². The minimum atomic E-state index is -0.615. The molecule has 0 bridgehead atoms. The van der Waals surface area contributed by atoms with E-state index in [4.69, 9.17) is 10.5 Å². The van der Waals surface area contributed by atoms with E-state index in [1.165, 1.54) is 0 Å². The van der Waals surface area contributed by atoms with Crippen LogP contribution in [0.5, 0.6) is 0 Å². The largest absolute Gasteiger partial charge is 0.392 e. The molecule has 4 unspecified atom stereocenters. The van der Waals surface area contributed by atoms with Gasteiger partial charge in [-0.15, -0.1) is 0 Å². The van der Waals surface area contributed by atoms with E-state index >= 15 is 0 Å². The zero-order valence-electron chi connectivity index (χ0n) is 11.8. The Morgan fingerprint density at radius 2 is 1.55 bits per heavy atom. The lowest BCUT2D eigenvalue weighted by molar-refractivity contribution is 0.0795. The summed E-state index contributed by atoms with van der Waals surface area (Å²) in [4.78, 5) is 0. The molecule has 8 heteroatoms. The molecule has 0 radical (unpaired) electrons. The van der Waals surface area contributed by atoms with Crippen molar-refractivity contribution in [2.45, 2.75) is 37.3 Å². The van der Waals surface area contributed by atoms with Gasteiger partial charge >= 0.3 is 0 Å². The molecule has 0 aromatic rings. The fourth-order valence-corrected chi connectivity index (χ4v) is 1.89. The predicted molar refractivity (Wildman–Crippen MR) is 74.9 cm³/mol. The Bertz CT molecular complexity index is 243. The van der Waals surface area contributed by atoms with Crippen LogP contribution in [0.4, 0.5) is 0 Å². The normalized spacial score (nSPS) is 22.5. The smallest absolute Gasteiger partial charge is 0.0835 e. The summed E-state index contributed by atoms with van der Waals surface area (Å²) in [6.07, 6.45) is -0.444. The molecule has 20 heavy (non-hydrogen) atoms. The van der Waals surface area contributed by atoms with Crippen molar-refractivity contribution in [3.05, 3.63) is 0 Å². The van der Waals surface area contributed by atoms with Crippen molar-refractivity contribution in [2.75, 3.05) is 39.6 Å². The van der Waals surface area contributed by atoms with Crippen LogP contribution in [0.1, 0.15) is 12.8 Å². The summed E-state index contributed by atoms with van der Waals surface area (Å²) in [5, 5.41) is 37.7. The number of hydrogen-bond acceptors (Lipinski definition) is 8. The monoisotopic (exact) mass is 292 g/mol. The topological polar surface area (TPSA) is 135 Å². The highest BCUT2D eigenvalue weighted by molar-refractivity contribution is 4.74. The van der Waals surface area contributed by atoms with Gasteiger partial charge in [-0.3, -0.25) is 0 Å². The number of aliphatic hydroxyl groups excluding tert-OH is 3. The maximum Gasteiger partial charge on any atom is 0.0835 e. The number of nitrogens with two attached hydrogens (primary N) is 1. The van der Waals surface area contributed by atoms with Crippen LogP contribution in [0, 0.1) is 0 Å². The second-order valence-electron chi connectivity index (χ2n) is 5.13. The molecule has 120 valence electrons. The van der Waals surface area contributed by atoms with Gasteiger partial charge in [0.25, 0.3) is 0 Å². The second-order valence-corrected chi connectivity index (χ2v) is 5.13. The maximum atomic E-state index is 9.68. The Morgan fingerprint density at radius 1 is 1.00 bits per heavy atom. The van der Waals surface area contributed by atoms with Crippen molar-refractivity contribution in [1.29, 1.82) is 0 Å². The third-order valence-electron chi connectivity index (χ3n) is 3.02. The van der Waals surface area contributed by atoms with Crippen LogP contribution in [0.3, 0.4) is 0 Å². The number of ether oxygens (including phenoxy) is 1. The van der Waals surface area contributed by atoms with Crippen LogP contribution in [0.25, 0.3) is 0 Å². The summed E-state index contributed by atoms with van der Waals surface area (Å²) < 4.78 is 5.03. The van der Waals surface area contributed by atoms with Crippen LogP contribution in [0.15, 0.2) is 0 Å². The van der Waals surface area contributed by atoms with Gasteiger partial charge in [0.05, 0.1) is 31.0 Å². The molecule has 0 spiro atoms. The predicted octanol–water partition coefficient (Wildman–Crippen LogP) is -3.11. The zero-order chi connectivity index (χ0) is 14.8. The summed E-state index contributed by atoms with van der Waals surface area (Å²) in [5.74, 6) is 0. The molecular formula is C12H28N4O4. The highest BCUT2D eigenvalue weighted by Gasteiger charge is 2.25. The fraction of sp³-hybridized carbons (Fsp3) is 1.00. The molecule has 0 amide bonds. The summed E-state index contributed by atoms with van der Waals surface area (Å²) in [7, 11) is 0. The first kappa shape index (κ1) is 17.7. The third-order valence-corrected chi connectivity index (χ3v) is 3.02. The molecule has 8 N–H and O–H groups in total. The first-order valence-electron chi connectivity index (χ1n) is 7.09. The average molecular weight is 292 g/mol. The van der Waals surface area contributed by atoms with Crippen LogP contribution in [-0.4, -0.2) is 79.3 Å². The van der Waals surface area contributed by atoms with E-state index in [-0.39, 0.29) is 6.10 Å². The molecule has 4 atom stereocenters. The standard InChI is InChI=1S/C12H28N4O4/c13-7-14-3-9(17)1-10(18)4-15-8-16-5-11(19)2-12-6-20-12/h9-12,14-19H,1-8,13H2. The first-order chi connectivity index (χ1) is 9.61. The van der Waals surface area contributed by atoms with Crippen molar-refractivity contribution in [1.82, 2.24) is 16.0 Å². The lowest BCUT2D eigenvalue weighted by Crippen LogP contribution is -2.40. The maximum absolute atomic E-state index is 9.68. The number of hydrogen-bond donors (Lipinski definition) is 7. The third kappa shape index (κ3) is 9.56. The molecule has 1 fully saturated rings. The second kappa shape index (κ2) is 10.4. The van der Waals surface area contributed by atoms with E-state index in [0.29, 0.717) is 45.8 Å². The molecule has 1 rings (SSSR count). The lowest BCUT2D eigenvalue weighted by Gasteiger charge is -2.17. The molecule has 1 saturated heterocycles. The highest BCUT2D eigenvalue weighted by Crippen LogP contribution is 2.14. The van der Waals surface area contributed by atoms with Crippen LogP contribution < -0.4 is 21.7 Å². The summed E-state index contributed by atoms with van der Waals surface area (Å²) >= 11 is 0. The van der Waals surface area contributed by atoms with Gasteiger partial charge in [0.2, 0.25) is 0 Å². The lowest BCUT2D eigenvalue weighted by atomic mass is 10.1. The van der Waals surface area contributed by atoms with E-state index < -0.39 is 18.3 Å². The average Bonchev–Trinajstić information content (AvgIpc) is 3.19. The van der Waals surface area contributed by atoms with Gasteiger partial charge in [0.15, 0.2) is 0 Å². The minimum Gasteiger partial charge on any atom is -0.392 e. The Balaban J connectivity index is 1.88. The SMILES string of the molecule is NCNCC(O)CC(O)CNCNCC(O)CC1CO1. The van der Waals surface area contributed by atoms with Crippen molar-refractivity contribution in [3.8, 4) is 0 Å². The van der Waals surface area contributed by atoms with E-state index in [1.54, 1.807) is 0 Å². The summed E-state index contributed by atoms with van der Waals surface area (Å²) in [5.41, 5.74) is 5.25. The molecule has 0 aliphatic carbocycles. The van der Waals surface area contributed by atoms with Crippen molar-refractivity contribution < 1.29 is 20.1 Å². The summed E-state index contributed by atoms with van der Waals surface area (Å²) in [6.45, 7) is 2.81. The Kier molecular flexibility index (Phi) is 9.23. The van der Waals surface area contributed by atoms with Gasteiger partial charge in [0.1, 0.15) is 0 Å². The Hall–Kier alpha value is -0.320. The van der Waals surface area contributed by atoms with Gasteiger partial charge < -0.3 is 41.7 Å². The van der Waals surface area contributed by atoms with Crippen molar-refractivity contribution in [2.24, 2.45) is 5.73 Å². The van der Waals surface area contributed by atoms with Gasteiger partial charge in [-0.1, -0.05) is 0 Å². The van der Waals surface area contributed by atoms with Crippen molar-refractivity contribution >= 4 is 0 Å². The molecule has 8 nitrogen and oxygen atoms in total. The van der Waals surface area contributed by atoms with Gasteiger partial charge in [-0.2, -0.15) is 0 Å². The molecular weight excluding hydrogens is 264 g/mol. The number of nitrogens with one attached hydrogen (secondary N) is 3. The van der Waals surface area contributed by atoms with E-state index in [0.717, 1.165) is 6.61 Å². The van der Waals surface area contributed by atoms with Crippen molar-refractivity contribution in [3.63, 3.8) is 0 Å². The van der Waals surface area contributed by atoms with Gasteiger partial charge in [-0.25, -0.2) is 0 Å². The molecule has 1 heterocycles. The first-order valence-corrected chi connectivity index (χ1v) is 7.09. The number of epoxide rings is 1. The van der Waals surface area contributed by atoms with Crippen LogP contribution >= 0.6 is 0 Å². The molecule has 0 saturated carbocycles. The number of aliphatic hydroxyl groups is 3. The molecule has 1 aliphatic heterocycles. The molecule has 0 aromatic carbocycles. The van der Waals surface area contributed by atoms with E-state index in [2.05, 4.69) is 16.0 Å². The number of rotatable bonds is 13. The summed E-state index contributed by atoms with van der Waals surface area (Å²) in [6, 6.07) is 0. The highest BCUT2D eigenvalue weighted by atomic mass is 16.6. The van der Waals surface area contributed by atoms with E-state index in [9.17, 15) is 15.3 Å². The van der Waals surface area contributed by atoms with Crippen LogP contribution in [-0.2, 0) is 4.74 Å². The van der Waals surface area contributed by atoms with Crippen LogP contribution in [0.2, 0.25) is 0 Å². The molecule has 1 aliphatic rings. The fourth-order valence-electron chi connectivity index (χ4n) is 1.89. The Labute approximate surface area is 119 Å². The van der Waals surface area contributed by atoms with Gasteiger partial charge in [-0.05, 0) is 0 Å². The minimum absolute atomic E-state index is 0.227.